The number of hydrogen-bond acceptors (Lipinski definition) is 6. The van der Waals surface area contributed by atoms with E-state index in [1.54, 1.807) is 12.2 Å². The van der Waals surface area contributed by atoms with Crippen molar-refractivity contribution in [3.63, 3.8) is 0 Å². The second-order valence-corrected chi connectivity index (χ2v) is 19.9. The molecular formula is C75H112O6. The number of allylic oxidation sites excluding steroid dienone is 32. The van der Waals surface area contributed by atoms with Crippen LogP contribution in [0.1, 0.15) is 226 Å². The van der Waals surface area contributed by atoms with Gasteiger partial charge in [-0.05, 0) is 128 Å². The molecular weight excluding hydrogens is 997 g/mol. The van der Waals surface area contributed by atoms with Crippen LogP contribution < -0.4 is 0 Å². The molecule has 0 aromatic heterocycles. The van der Waals surface area contributed by atoms with Gasteiger partial charge in [0.25, 0.3) is 0 Å². The van der Waals surface area contributed by atoms with Crippen LogP contribution >= 0.6 is 0 Å². The molecule has 81 heavy (non-hydrogen) atoms. The van der Waals surface area contributed by atoms with Crippen molar-refractivity contribution >= 4 is 17.9 Å². The second-order valence-electron chi connectivity index (χ2n) is 19.9. The first-order valence-corrected chi connectivity index (χ1v) is 31.6. The maximum Gasteiger partial charge on any atom is 0.310 e. The smallest absolute Gasteiger partial charge is 0.310 e. The molecule has 0 aliphatic rings. The highest BCUT2D eigenvalue weighted by Gasteiger charge is 2.19. The minimum atomic E-state index is -0.886. The van der Waals surface area contributed by atoms with E-state index >= 15 is 0 Å². The molecule has 6 heteroatoms. The van der Waals surface area contributed by atoms with Crippen LogP contribution in [0.3, 0.4) is 0 Å². The molecule has 0 N–H and O–H groups in total. The van der Waals surface area contributed by atoms with E-state index in [4.69, 9.17) is 14.2 Å². The summed E-state index contributed by atoms with van der Waals surface area (Å²) in [6, 6.07) is 0. The van der Waals surface area contributed by atoms with E-state index in [1.807, 2.05) is 12.2 Å². The molecule has 1 atom stereocenters. The molecule has 0 fully saturated rings. The quantitative estimate of drug-likeness (QED) is 0.0261. The van der Waals surface area contributed by atoms with Crippen LogP contribution in [0.25, 0.3) is 0 Å². The van der Waals surface area contributed by atoms with Crippen molar-refractivity contribution in [2.75, 3.05) is 13.2 Å². The van der Waals surface area contributed by atoms with Gasteiger partial charge in [-0.3, -0.25) is 14.4 Å². The van der Waals surface area contributed by atoms with Gasteiger partial charge in [0.15, 0.2) is 6.10 Å². The molecule has 0 bridgehead atoms. The third-order valence-electron chi connectivity index (χ3n) is 12.3. The van der Waals surface area contributed by atoms with Gasteiger partial charge < -0.3 is 14.2 Å². The van der Waals surface area contributed by atoms with E-state index in [-0.39, 0.29) is 32.0 Å². The Morgan fingerprint density at radius 3 is 0.802 bits per heavy atom. The predicted octanol–water partition coefficient (Wildman–Crippen LogP) is 22.0. The highest BCUT2D eigenvalue weighted by Crippen LogP contribution is 2.14. The Morgan fingerprint density at radius 2 is 0.494 bits per heavy atom. The van der Waals surface area contributed by atoms with Gasteiger partial charge >= 0.3 is 17.9 Å². The summed E-state index contributed by atoms with van der Waals surface area (Å²) in [5.41, 5.74) is 0. The molecule has 0 rings (SSSR count). The lowest BCUT2D eigenvalue weighted by Crippen LogP contribution is -2.30. The van der Waals surface area contributed by atoms with Crippen molar-refractivity contribution in [2.24, 2.45) is 0 Å². The molecule has 6 nitrogen and oxygen atoms in total. The molecule has 448 valence electrons. The Labute approximate surface area is 496 Å². The highest BCUT2D eigenvalue weighted by atomic mass is 16.6. The summed E-state index contributed by atoms with van der Waals surface area (Å²) in [4.78, 5) is 38.1. The predicted molar refractivity (Wildman–Crippen MR) is 352 cm³/mol. The standard InChI is InChI=1S/C75H112O6/c1-4-7-10-13-16-19-22-25-28-29-30-31-32-33-34-35-36-37-38-39-40-41-42-43-44-45-48-50-53-56-59-62-65-68-74(77)80-71-72(81-75(78)69-66-63-60-57-54-51-47-27-24-21-18-15-12-9-6-3)70-79-73(76)67-64-61-58-55-52-49-46-26-23-20-17-14-11-8-5-2/h7-12,16-21,25-28,30-31,33-34,36-37,39-40,46-47,52,54-55,57,61,63-64,66,72H,4-6,13-15,22-24,29,32,35,38,41-45,48-51,53,56,58-60,62,65,67-71H2,1-3H3/b10-7-,11-8-,12-9-,19-16-,20-17-,21-18-,28-25-,31-30-,34-33-,37-36-,40-39-,46-26-,47-27-,55-52-,57-54-,64-61-,66-63-. The molecule has 0 saturated carbocycles. The SMILES string of the molecule is CC/C=C\C/C=C\C/C=C\C/C=C\C/C=C\C/C=C\C/C=C\CCCCCCCCCCCCCC(=O)OCC(COC(=O)C/C=C\C/C=C\C/C=C\C/C=C\C/C=C\CC)OC(=O)C/C=C\C/C=C\C/C=C\C/C=C\C/C=C\CC. The summed E-state index contributed by atoms with van der Waals surface area (Å²) in [5.74, 6) is -1.24. The monoisotopic (exact) mass is 1110 g/mol. The molecule has 1 unspecified atom stereocenters. The lowest BCUT2D eigenvalue weighted by molar-refractivity contribution is -0.166. The van der Waals surface area contributed by atoms with Gasteiger partial charge in [-0.15, -0.1) is 0 Å². The second kappa shape index (κ2) is 66.5. The molecule has 0 radical (unpaired) electrons. The zero-order valence-electron chi connectivity index (χ0n) is 51.2. The Bertz CT molecular complexity index is 2000. The Morgan fingerprint density at radius 1 is 0.259 bits per heavy atom. The largest absolute Gasteiger partial charge is 0.462 e. The molecule has 0 aromatic carbocycles. The molecule has 0 aliphatic heterocycles. The lowest BCUT2D eigenvalue weighted by atomic mass is 10.0. The van der Waals surface area contributed by atoms with Gasteiger partial charge in [-0.1, -0.05) is 285 Å². The third kappa shape index (κ3) is 64.7. The summed E-state index contributed by atoms with van der Waals surface area (Å²) in [5, 5.41) is 0. The molecule has 0 amide bonds. The summed E-state index contributed by atoms with van der Waals surface area (Å²) in [6.07, 6.45) is 103. The third-order valence-corrected chi connectivity index (χ3v) is 12.3. The number of carbonyl (C=O) groups excluding carboxylic acids is 3. The zero-order valence-corrected chi connectivity index (χ0v) is 51.2. The minimum Gasteiger partial charge on any atom is -0.462 e. The first-order valence-electron chi connectivity index (χ1n) is 31.6. The number of ether oxygens (including phenoxy) is 3. The van der Waals surface area contributed by atoms with E-state index in [0.29, 0.717) is 19.3 Å². The fourth-order valence-corrected chi connectivity index (χ4v) is 7.75. The van der Waals surface area contributed by atoms with Gasteiger partial charge in [0, 0.05) is 6.42 Å². The molecule has 0 heterocycles. The number of hydrogen-bond donors (Lipinski definition) is 0. The van der Waals surface area contributed by atoms with Gasteiger partial charge in [0.05, 0.1) is 12.8 Å². The maximum atomic E-state index is 12.8. The Hall–Kier alpha value is -6.01. The topological polar surface area (TPSA) is 78.9 Å². The normalized spacial score (nSPS) is 13.6. The Kier molecular flexibility index (Phi) is 61.6. The van der Waals surface area contributed by atoms with Gasteiger partial charge in [0.2, 0.25) is 0 Å². The summed E-state index contributed by atoms with van der Waals surface area (Å²) >= 11 is 0. The van der Waals surface area contributed by atoms with E-state index in [1.165, 1.54) is 57.8 Å². The number of esters is 3. The van der Waals surface area contributed by atoms with E-state index < -0.39 is 18.0 Å². The summed E-state index contributed by atoms with van der Waals surface area (Å²) in [7, 11) is 0. The van der Waals surface area contributed by atoms with Crippen molar-refractivity contribution in [1.29, 1.82) is 0 Å². The van der Waals surface area contributed by atoms with Crippen molar-refractivity contribution < 1.29 is 28.6 Å². The average molecular weight is 1110 g/mol. The summed E-state index contributed by atoms with van der Waals surface area (Å²) < 4.78 is 16.7. The molecule has 0 aliphatic carbocycles. The van der Waals surface area contributed by atoms with Crippen LogP contribution in [0.5, 0.6) is 0 Å². The van der Waals surface area contributed by atoms with Crippen LogP contribution in [0.15, 0.2) is 207 Å². The summed E-state index contributed by atoms with van der Waals surface area (Å²) in [6.45, 7) is 6.10. The first-order chi connectivity index (χ1) is 40.0. The van der Waals surface area contributed by atoms with Crippen LogP contribution in [0.2, 0.25) is 0 Å². The van der Waals surface area contributed by atoms with Crippen molar-refractivity contribution in [1.82, 2.24) is 0 Å². The minimum absolute atomic E-state index is 0.0665. The molecule has 0 aromatic rings. The van der Waals surface area contributed by atoms with Gasteiger partial charge in [-0.25, -0.2) is 0 Å². The average Bonchev–Trinajstić information content (AvgIpc) is 3.47. The number of rotatable bonds is 54. The van der Waals surface area contributed by atoms with Crippen molar-refractivity contribution in [2.45, 2.75) is 232 Å². The van der Waals surface area contributed by atoms with Crippen molar-refractivity contribution in [3.8, 4) is 0 Å². The van der Waals surface area contributed by atoms with Crippen LogP contribution in [-0.2, 0) is 28.6 Å². The van der Waals surface area contributed by atoms with E-state index in [2.05, 4.69) is 203 Å². The molecule has 0 spiro atoms. The fraction of sp³-hybridized carbons (Fsp3) is 0.507. The number of carbonyl (C=O) groups is 3. The zero-order chi connectivity index (χ0) is 58.5. The highest BCUT2D eigenvalue weighted by molar-refractivity contribution is 5.72. The Balaban J connectivity index is 4.41. The van der Waals surface area contributed by atoms with Crippen LogP contribution in [0.4, 0.5) is 0 Å². The van der Waals surface area contributed by atoms with Crippen LogP contribution in [-0.4, -0.2) is 37.2 Å². The fourth-order valence-electron chi connectivity index (χ4n) is 7.75. The van der Waals surface area contributed by atoms with Gasteiger partial charge in [-0.2, -0.15) is 0 Å². The first kappa shape index (κ1) is 75.0. The van der Waals surface area contributed by atoms with Gasteiger partial charge in [0.1, 0.15) is 13.2 Å². The lowest BCUT2D eigenvalue weighted by Gasteiger charge is -2.17. The number of unbranched alkanes of at least 4 members (excludes halogenated alkanes) is 11. The van der Waals surface area contributed by atoms with Crippen molar-refractivity contribution in [3.05, 3.63) is 207 Å². The molecule has 0 saturated heterocycles. The van der Waals surface area contributed by atoms with E-state index in [9.17, 15) is 14.4 Å². The van der Waals surface area contributed by atoms with Crippen LogP contribution in [0, 0.1) is 0 Å². The maximum absolute atomic E-state index is 12.8. The van der Waals surface area contributed by atoms with E-state index in [0.717, 1.165) is 116 Å².